The fourth-order valence-corrected chi connectivity index (χ4v) is 2.36. The number of rotatable bonds is 3. The van der Waals surface area contributed by atoms with Crippen molar-refractivity contribution < 1.29 is 4.79 Å². The van der Waals surface area contributed by atoms with Crippen LogP contribution in [-0.4, -0.2) is 38.9 Å². The van der Waals surface area contributed by atoms with Gasteiger partial charge in [0.25, 0.3) is 0 Å². The summed E-state index contributed by atoms with van der Waals surface area (Å²) in [6.45, 7) is 6.54. The first-order valence-electron chi connectivity index (χ1n) is 6.28. The molecule has 2 heterocycles. The molecule has 0 spiro atoms. The monoisotopic (exact) mass is 236 g/mol. The van der Waals surface area contributed by atoms with Gasteiger partial charge in [-0.1, -0.05) is 13.8 Å². The molecule has 0 aromatic carbocycles. The van der Waals surface area contributed by atoms with E-state index >= 15 is 0 Å². The summed E-state index contributed by atoms with van der Waals surface area (Å²) < 4.78 is 0. The molecule has 1 aromatic heterocycles. The molecule has 1 amide bonds. The van der Waals surface area contributed by atoms with Gasteiger partial charge in [0.15, 0.2) is 0 Å². The summed E-state index contributed by atoms with van der Waals surface area (Å²) in [4.78, 5) is 15.3. The van der Waals surface area contributed by atoms with Gasteiger partial charge < -0.3 is 4.90 Å². The standard InChI is InChI=1S/C12H20N4O/c1-10(2)11-3-7-15(8-4-11)12(17)9-16-13-5-6-14-16/h5-6,10-11H,3-4,7-9H2,1-2H3. The second-order valence-corrected chi connectivity index (χ2v) is 5.02. The molecule has 0 aliphatic carbocycles. The molecule has 17 heavy (non-hydrogen) atoms. The number of aromatic nitrogens is 3. The molecule has 0 unspecified atom stereocenters. The second-order valence-electron chi connectivity index (χ2n) is 5.02. The number of amides is 1. The molecule has 0 atom stereocenters. The molecule has 1 aliphatic heterocycles. The maximum absolute atomic E-state index is 12.0. The molecular weight excluding hydrogens is 216 g/mol. The lowest BCUT2D eigenvalue weighted by Gasteiger charge is -2.33. The van der Waals surface area contributed by atoms with Crippen molar-refractivity contribution in [3.63, 3.8) is 0 Å². The molecule has 0 radical (unpaired) electrons. The Kier molecular flexibility index (Phi) is 3.76. The molecule has 5 heteroatoms. The Morgan fingerprint density at radius 1 is 1.29 bits per heavy atom. The Hall–Kier alpha value is -1.39. The zero-order valence-electron chi connectivity index (χ0n) is 10.5. The molecule has 94 valence electrons. The summed E-state index contributed by atoms with van der Waals surface area (Å²) >= 11 is 0. The van der Waals surface area contributed by atoms with E-state index in [1.807, 2.05) is 4.90 Å². The average Bonchev–Trinajstić information content (AvgIpc) is 2.82. The number of carbonyl (C=O) groups excluding carboxylic acids is 1. The Labute approximate surface area is 102 Å². The lowest BCUT2D eigenvalue weighted by Crippen LogP contribution is -2.41. The largest absolute Gasteiger partial charge is 0.341 e. The lowest BCUT2D eigenvalue weighted by molar-refractivity contribution is -0.133. The van der Waals surface area contributed by atoms with Gasteiger partial charge in [-0.05, 0) is 24.7 Å². The summed E-state index contributed by atoms with van der Waals surface area (Å²) in [5, 5.41) is 7.90. The van der Waals surface area contributed by atoms with Gasteiger partial charge in [-0.15, -0.1) is 0 Å². The number of hydrogen-bond acceptors (Lipinski definition) is 3. The smallest absolute Gasteiger partial charge is 0.246 e. The zero-order chi connectivity index (χ0) is 12.3. The van der Waals surface area contributed by atoms with E-state index in [0.29, 0.717) is 0 Å². The summed E-state index contributed by atoms with van der Waals surface area (Å²) in [6.07, 6.45) is 5.43. The van der Waals surface area contributed by atoms with Gasteiger partial charge in [-0.25, -0.2) is 0 Å². The summed E-state index contributed by atoms with van der Waals surface area (Å²) in [6, 6.07) is 0. The second kappa shape index (κ2) is 5.29. The minimum Gasteiger partial charge on any atom is -0.341 e. The quantitative estimate of drug-likeness (QED) is 0.791. The van der Waals surface area contributed by atoms with E-state index in [4.69, 9.17) is 0 Å². The molecule has 5 nitrogen and oxygen atoms in total. The lowest BCUT2D eigenvalue weighted by atomic mass is 9.87. The van der Waals surface area contributed by atoms with Crippen LogP contribution in [0, 0.1) is 11.8 Å². The average molecular weight is 236 g/mol. The molecule has 1 aromatic rings. The number of piperidine rings is 1. The highest BCUT2D eigenvalue weighted by molar-refractivity contribution is 5.75. The van der Waals surface area contributed by atoms with Crippen molar-refractivity contribution in [3.8, 4) is 0 Å². The third-order valence-electron chi connectivity index (χ3n) is 3.58. The van der Waals surface area contributed by atoms with Crippen LogP contribution < -0.4 is 0 Å². The van der Waals surface area contributed by atoms with E-state index in [0.717, 1.165) is 37.8 Å². The molecular formula is C12H20N4O. The number of hydrogen-bond donors (Lipinski definition) is 0. The maximum Gasteiger partial charge on any atom is 0.246 e. The number of nitrogens with zero attached hydrogens (tertiary/aromatic N) is 4. The van der Waals surface area contributed by atoms with E-state index in [9.17, 15) is 4.79 Å². The summed E-state index contributed by atoms with van der Waals surface area (Å²) in [7, 11) is 0. The Morgan fingerprint density at radius 2 is 1.88 bits per heavy atom. The van der Waals surface area contributed by atoms with Gasteiger partial charge >= 0.3 is 0 Å². The molecule has 1 aliphatic rings. The van der Waals surface area contributed by atoms with Crippen LogP contribution in [0.1, 0.15) is 26.7 Å². The van der Waals surface area contributed by atoms with E-state index in [1.54, 1.807) is 12.4 Å². The van der Waals surface area contributed by atoms with Gasteiger partial charge in [0, 0.05) is 13.1 Å². The van der Waals surface area contributed by atoms with E-state index in [1.165, 1.54) is 4.80 Å². The highest BCUT2D eigenvalue weighted by Crippen LogP contribution is 2.24. The van der Waals surface area contributed by atoms with Crippen LogP contribution in [-0.2, 0) is 11.3 Å². The van der Waals surface area contributed by atoms with Crippen molar-refractivity contribution in [2.75, 3.05) is 13.1 Å². The van der Waals surface area contributed by atoms with Gasteiger partial charge in [0.05, 0.1) is 12.4 Å². The predicted octanol–water partition coefficient (Wildman–Crippen LogP) is 1.17. The summed E-state index contributed by atoms with van der Waals surface area (Å²) in [5.74, 6) is 1.62. The predicted molar refractivity (Wildman–Crippen MR) is 64.2 cm³/mol. The van der Waals surface area contributed by atoms with Crippen molar-refractivity contribution in [2.24, 2.45) is 11.8 Å². The van der Waals surface area contributed by atoms with Crippen LogP contribution >= 0.6 is 0 Å². The first-order valence-corrected chi connectivity index (χ1v) is 6.28. The zero-order valence-corrected chi connectivity index (χ0v) is 10.5. The minimum atomic E-state index is 0.128. The molecule has 1 saturated heterocycles. The first-order chi connectivity index (χ1) is 8.16. The van der Waals surface area contributed by atoms with Crippen molar-refractivity contribution in [2.45, 2.75) is 33.2 Å². The van der Waals surface area contributed by atoms with E-state index in [2.05, 4.69) is 24.0 Å². The third-order valence-corrected chi connectivity index (χ3v) is 3.58. The van der Waals surface area contributed by atoms with Crippen molar-refractivity contribution >= 4 is 5.91 Å². The fraction of sp³-hybridized carbons (Fsp3) is 0.750. The van der Waals surface area contributed by atoms with Crippen molar-refractivity contribution in [1.29, 1.82) is 0 Å². The van der Waals surface area contributed by atoms with E-state index < -0.39 is 0 Å². The van der Waals surface area contributed by atoms with Crippen LogP contribution in [0.4, 0.5) is 0 Å². The SMILES string of the molecule is CC(C)C1CCN(C(=O)Cn2nccn2)CC1. The highest BCUT2D eigenvalue weighted by Gasteiger charge is 2.24. The maximum atomic E-state index is 12.0. The Morgan fingerprint density at radius 3 is 2.41 bits per heavy atom. The normalized spacial score (nSPS) is 17.7. The molecule has 1 fully saturated rings. The first kappa shape index (κ1) is 12.1. The number of carbonyl (C=O) groups is 1. The van der Waals surface area contributed by atoms with Crippen molar-refractivity contribution in [3.05, 3.63) is 12.4 Å². The van der Waals surface area contributed by atoms with Crippen LogP contribution in [0.25, 0.3) is 0 Å². The topological polar surface area (TPSA) is 51.0 Å². The molecule has 0 N–H and O–H groups in total. The van der Waals surface area contributed by atoms with Gasteiger partial charge in [-0.2, -0.15) is 15.0 Å². The van der Waals surface area contributed by atoms with Gasteiger partial charge in [-0.3, -0.25) is 4.79 Å². The minimum absolute atomic E-state index is 0.128. The van der Waals surface area contributed by atoms with Crippen LogP contribution in [0.3, 0.4) is 0 Å². The highest BCUT2D eigenvalue weighted by atomic mass is 16.2. The molecule has 0 saturated carbocycles. The molecule has 0 bridgehead atoms. The number of likely N-dealkylation sites (tertiary alicyclic amines) is 1. The van der Waals surface area contributed by atoms with Crippen LogP contribution in [0.2, 0.25) is 0 Å². The summed E-state index contributed by atoms with van der Waals surface area (Å²) in [5.41, 5.74) is 0. The van der Waals surface area contributed by atoms with Gasteiger partial charge in [0.2, 0.25) is 5.91 Å². The van der Waals surface area contributed by atoms with Crippen LogP contribution in [0.15, 0.2) is 12.4 Å². The fourth-order valence-electron chi connectivity index (χ4n) is 2.36. The Bertz CT molecular complexity index is 353. The third kappa shape index (κ3) is 3.05. The van der Waals surface area contributed by atoms with Crippen LogP contribution in [0.5, 0.6) is 0 Å². The van der Waals surface area contributed by atoms with Gasteiger partial charge in [0.1, 0.15) is 6.54 Å². The van der Waals surface area contributed by atoms with Crippen molar-refractivity contribution in [1.82, 2.24) is 19.9 Å². The Balaban J connectivity index is 1.82. The van der Waals surface area contributed by atoms with E-state index in [-0.39, 0.29) is 12.5 Å². The molecule has 2 rings (SSSR count).